The lowest BCUT2D eigenvalue weighted by Crippen LogP contribution is -2.33. The van der Waals surface area contributed by atoms with E-state index in [0.29, 0.717) is 27.5 Å². The molecule has 0 radical (unpaired) electrons. The highest BCUT2D eigenvalue weighted by Gasteiger charge is 2.09. The van der Waals surface area contributed by atoms with E-state index < -0.39 is 0 Å². The van der Waals surface area contributed by atoms with Crippen molar-refractivity contribution in [1.82, 2.24) is 5.32 Å². The van der Waals surface area contributed by atoms with Crippen molar-refractivity contribution >= 4 is 58.2 Å². The Kier molecular flexibility index (Phi) is 7.32. The Morgan fingerprint density at radius 1 is 1.07 bits per heavy atom. The highest BCUT2D eigenvalue weighted by molar-refractivity contribution is 7.80. The van der Waals surface area contributed by atoms with Gasteiger partial charge in [-0.25, -0.2) is 0 Å². The monoisotopic (exact) mass is 458 g/mol. The standard InChI is InChI=1S/C23H20Cl2N2O2S/c1-14(2)19-5-3-4-6-20(19)26-23(30)27-22(28)10-8-18-7-9-21(29-18)15-11-16(24)13-17(25)12-15/h3-14H,1-2H3,(H2,26,27,28,30)/b10-8+. The molecule has 0 aliphatic heterocycles. The van der Waals surface area contributed by atoms with Crippen LogP contribution in [0.3, 0.4) is 0 Å². The van der Waals surface area contributed by atoms with E-state index >= 15 is 0 Å². The number of benzene rings is 2. The van der Waals surface area contributed by atoms with Crippen molar-refractivity contribution in [2.75, 3.05) is 5.32 Å². The molecule has 4 nitrogen and oxygen atoms in total. The van der Waals surface area contributed by atoms with Gasteiger partial charge in [0.2, 0.25) is 5.91 Å². The summed E-state index contributed by atoms with van der Waals surface area (Å²) in [6.45, 7) is 4.19. The number of carbonyl (C=O) groups is 1. The van der Waals surface area contributed by atoms with Crippen molar-refractivity contribution in [2.24, 2.45) is 0 Å². The molecule has 2 aromatic carbocycles. The third-order valence-corrected chi connectivity index (χ3v) is 4.88. The van der Waals surface area contributed by atoms with Crippen LogP contribution in [0.25, 0.3) is 17.4 Å². The number of carbonyl (C=O) groups excluding carboxylic acids is 1. The molecule has 1 aromatic heterocycles. The van der Waals surface area contributed by atoms with Crippen molar-refractivity contribution in [2.45, 2.75) is 19.8 Å². The Balaban J connectivity index is 1.61. The summed E-state index contributed by atoms with van der Waals surface area (Å²) in [6.07, 6.45) is 2.92. The summed E-state index contributed by atoms with van der Waals surface area (Å²) in [5, 5.41) is 6.98. The molecule has 0 aliphatic rings. The number of amides is 1. The Morgan fingerprint density at radius 2 is 1.77 bits per heavy atom. The normalized spacial score (nSPS) is 11.1. The van der Waals surface area contributed by atoms with E-state index in [2.05, 4.69) is 24.5 Å². The van der Waals surface area contributed by atoms with Crippen molar-refractivity contribution in [3.63, 3.8) is 0 Å². The minimum atomic E-state index is -0.363. The van der Waals surface area contributed by atoms with Crippen LogP contribution in [0.4, 0.5) is 5.69 Å². The number of rotatable bonds is 5. The van der Waals surface area contributed by atoms with Gasteiger partial charge in [0.05, 0.1) is 0 Å². The molecule has 0 fully saturated rings. The van der Waals surface area contributed by atoms with Crippen LogP contribution in [0, 0.1) is 0 Å². The molecule has 1 amide bonds. The number of furan rings is 1. The van der Waals surface area contributed by atoms with Crippen molar-refractivity contribution in [1.29, 1.82) is 0 Å². The maximum atomic E-state index is 12.2. The predicted octanol–water partition coefficient (Wildman–Crippen LogP) is 6.90. The first-order valence-corrected chi connectivity index (χ1v) is 10.4. The molecule has 0 aliphatic carbocycles. The van der Waals surface area contributed by atoms with Crippen LogP contribution in [0.15, 0.2) is 65.1 Å². The summed E-state index contributed by atoms with van der Waals surface area (Å²) < 4.78 is 5.74. The fraction of sp³-hybridized carbons (Fsp3) is 0.130. The molecule has 0 bridgehead atoms. The van der Waals surface area contributed by atoms with Crippen LogP contribution in [0.1, 0.15) is 31.1 Å². The maximum Gasteiger partial charge on any atom is 0.250 e. The van der Waals surface area contributed by atoms with Crippen LogP contribution in [0.5, 0.6) is 0 Å². The molecule has 0 saturated carbocycles. The number of anilines is 1. The Morgan fingerprint density at radius 3 is 2.47 bits per heavy atom. The summed E-state index contributed by atoms with van der Waals surface area (Å²) in [6, 6.07) is 16.5. The van der Waals surface area contributed by atoms with Gasteiger partial charge >= 0.3 is 0 Å². The van der Waals surface area contributed by atoms with Crippen molar-refractivity contribution in [3.05, 3.63) is 82.0 Å². The average Bonchev–Trinajstić information content (AvgIpc) is 3.15. The number of thiocarbonyl (C=S) groups is 1. The first-order valence-electron chi connectivity index (χ1n) is 9.27. The summed E-state index contributed by atoms with van der Waals surface area (Å²) in [4.78, 5) is 12.2. The van der Waals surface area contributed by atoms with Gasteiger partial charge < -0.3 is 9.73 Å². The minimum Gasteiger partial charge on any atom is -0.457 e. The molecule has 7 heteroatoms. The third kappa shape index (κ3) is 5.95. The van der Waals surface area contributed by atoms with E-state index in [1.807, 2.05) is 24.3 Å². The quantitative estimate of drug-likeness (QED) is 0.322. The number of nitrogens with one attached hydrogen (secondary N) is 2. The molecule has 0 atom stereocenters. The zero-order valence-corrected chi connectivity index (χ0v) is 18.7. The Hall–Kier alpha value is -2.60. The molecule has 0 saturated heterocycles. The van der Waals surface area contributed by atoms with Gasteiger partial charge in [0.15, 0.2) is 5.11 Å². The van der Waals surface area contributed by atoms with Gasteiger partial charge in [-0.15, -0.1) is 0 Å². The lowest BCUT2D eigenvalue weighted by molar-refractivity contribution is -0.115. The molecular formula is C23H20Cl2N2O2S. The SMILES string of the molecule is CC(C)c1ccccc1NC(=S)NC(=O)/C=C/c1ccc(-c2cc(Cl)cc(Cl)c2)o1. The fourth-order valence-corrected chi connectivity index (χ4v) is 3.61. The van der Waals surface area contributed by atoms with E-state index in [-0.39, 0.29) is 11.0 Å². The lowest BCUT2D eigenvalue weighted by Gasteiger charge is -2.15. The van der Waals surface area contributed by atoms with Crippen molar-refractivity contribution < 1.29 is 9.21 Å². The van der Waals surface area contributed by atoms with E-state index in [0.717, 1.165) is 16.8 Å². The summed E-state index contributed by atoms with van der Waals surface area (Å²) >= 11 is 17.3. The summed E-state index contributed by atoms with van der Waals surface area (Å²) in [7, 11) is 0. The fourth-order valence-electron chi connectivity index (χ4n) is 2.87. The highest BCUT2D eigenvalue weighted by Crippen LogP contribution is 2.29. The second-order valence-corrected chi connectivity index (χ2v) is 8.16. The number of hydrogen-bond donors (Lipinski definition) is 2. The van der Waals surface area contributed by atoms with Gasteiger partial charge in [0.25, 0.3) is 0 Å². The van der Waals surface area contributed by atoms with Gasteiger partial charge in [-0.05, 0) is 66.2 Å². The average molecular weight is 459 g/mol. The topological polar surface area (TPSA) is 54.3 Å². The first-order chi connectivity index (χ1) is 14.3. The Bertz CT molecular complexity index is 1090. The smallest absolute Gasteiger partial charge is 0.250 e. The molecular weight excluding hydrogens is 439 g/mol. The van der Waals surface area contributed by atoms with Crippen LogP contribution < -0.4 is 10.6 Å². The lowest BCUT2D eigenvalue weighted by atomic mass is 10.0. The van der Waals surface area contributed by atoms with Gasteiger partial charge in [-0.1, -0.05) is 55.2 Å². The number of hydrogen-bond acceptors (Lipinski definition) is 3. The molecule has 30 heavy (non-hydrogen) atoms. The van der Waals surface area contributed by atoms with Gasteiger partial charge in [-0.2, -0.15) is 0 Å². The summed E-state index contributed by atoms with van der Waals surface area (Å²) in [5.74, 6) is 1.08. The van der Waals surface area contributed by atoms with Crippen LogP contribution in [-0.4, -0.2) is 11.0 Å². The number of halogens is 2. The maximum absolute atomic E-state index is 12.2. The van der Waals surface area contributed by atoms with E-state index in [1.54, 1.807) is 36.4 Å². The second-order valence-electron chi connectivity index (χ2n) is 6.88. The molecule has 3 rings (SSSR count). The Labute approximate surface area is 190 Å². The molecule has 154 valence electrons. The van der Waals surface area contributed by atoms with Crippen LogP contribution >= 0.6 is 35.4 Å². The molecule has 2 N–H and O–H groups in total. The van der Waals surface area contributed by atoms with Gasteiger partial charge in [0, 0.05) is 27.4 Å². The second kappa shape index (κ2) is 9.94. The molecule has 3 aromatic rings. The summed E-state index contributed by atoms with van der Waals surface area (Å²) in [5.41, 5.74) is 2.75. The predicted molar refractivity (Wildman–Crippen MR) is 128 cm³/mol. The van der Waals surface area contributed by atoms with Crippen LogP contribution in [-0.2, 0) is 4.79 Å². The largest absolute Gasteiger partial charge is 0.457 e. The van der Waals surface area contributed by atoms with E-state index in [1.165, 1.54) is 6.08 Å². The molecule has 0 unspecified atom stereocenters. The molecule has 0 spiro atoms. The third-order valence-electron chi connectivity index (χ3n) is 4.24. The zero-order chi connectivity index (χ0) is 21.7. The molecule has 1 heterocycles. The minimum absolute atomic E-state index is 0.228. The highest BCUT2D eigenvalue weighted by atomic mass is 35.5. The number of para-hydroxylation sites is 1. The van der Waals surface area contributed by atoms with Gasteiger partial charge in [-0.3, -0.25) is 10.1 Å². The van der Waals surface area contributed by atoms with Crippen molar-refractivity contribution in [3.8, 4) is 11.3 Å². The van der Waals surface area contributed by atoms with E-state index in [4.69, 9.17) is 39.8 Å². The zero-order valence-electron chi connectivity index (χ0n) is 16.4. The van der Waals surface area contributed by atoms with Gasteiger partial charge in [0.1, 0.15) is 11.5 Å². The first kappa shape index (κ1) is 22.1. The van der Waals surface area contributed by atoms with Crippen LogP contribution in [0.2, 0.25) is 10.0 Å². The van der Waals surface area contributed by atoms with E-state index in [9.17, 15) is 4.79 Å².